The summed E-state index contributed by atoms with van der Waals surface area (Å²) in [5.74, 6) is 0.714. The second-order valence-corrected chi connectivity index (χ2v) is 6.61. The molecule has 23 heavy (non-hydrogen) atoms. The Labute approximate surface area is 145 Å². The fourth-order valence-corrected chi connectivity index (χ4v) is 3.02. The summed E-state index contributed by atoms with van der Waals surface area (Å²) in [4.78, 5) is 11.9. The van der Waals surface area contributed by atoms with Gasteiger partial charge < -0.3 is 5.32 Å². The molecule has 0 saturated carbocycles. The van der Waals surface area contributed by atoms with E-state index in [2.05, 4.69) is 22.1 Å². The molecule has 0 aliphatic carbocycles. The standard InChI is InChI=1S/C16H19ClN4OS/c1-4-10-21-14(12-6-8-13(17)9-7-12)19-20-16(21)23-11(3)15(22)18-5-2/h4,6-9,11H,1,5,10H2,2-3H3,(H,18,22)/t11-/m1/s1. The number of benzene rings is 1. The number of thioether (sulfide) groups is 1. The summed E-state index contributed by atoms with van der Waals surface area (Å²) in [5.41, 5.74) is 0.918. The van der Waals surface area contributed by atoms with Gasteiger partial charge in [-0.05, 0) is 38.1 Å². The number of hydrogen-bond acceptors (Lipinski definition) is 4. The summed E-state index contributed by atoms with van der Waals surface area (Å²) in [7, 11) is 0. The lowest BCUT2D eigenvalue weighted by molar-refractivity contribution is -0.120. The zero-order valence-corrected chi connectivity index (χ0v) is 14.7. The lowest BCUT2D eigenvalue weighted by Crippen LogP contribution is -2.30. The molecule has 7 heteroatoms. The summed E-state index contributed by atoms with van der Waals surface area (Å²) < 4.78 is 1.94. The van der Waals surface area contributed by atoms with Crippen LogP contribution in [-0.2, 0) is 11.3 Å². The van der Waals surface area contributed by atoms with Gasteiger partial charge in [0.15, 0.2) is 11.0 Å². The van der Waals surface area contributed by atoms with Crippen LogP contribution >= 0.6 is 23.4 Å². The van der Waals surface area contributed by atoms with Crippen molar-refractivity contribution in [1.82, 2.24) is 20.1 Å². The van der Waals surface area contributed by atoms with Crippen LogP contribution < -0.4 is 5.32 Å². The molecule has 0 bridgehead atoms. The second kappa shape index (κ2) is 8.17. The zero-order chi connectivity index (χ0) is 16.8. The lowest BCUT2D eigenvalue weighted by atomic mass is 10.2. The first-order chi connectivity index (χ1) is 11.1. The molecule has 1 heterocycles. The van der Waals surface area contributed by atoms with Crippen molar-refractivity contribution in [1.29, 1.82) is 0 Å². The van der Waals surface area contributed by atoms with Gasteiger partial charge in [0.05, 0.1) is 5.25 Å². The van der Waals surface area contributed by atoms with Gasteiger partial charge in [0.1, 0.15) is 0 Å². The van der Waals surface area contributed by atoms with E-state index in [1.54, 1.807) is 6.08 Å². The minimum Gasteiger partial charge on any atom is -0.355 e. The van der Waals surface area contributed by atoms with E-state index < -0.39 is 0 Å². The molecule has 2 aromatic rings. The Morgan fingerprint density at radius 1 is 1.43 bits per heavy atom. The minimum absolute atomic E-state index is 0.0151. The SMILES string of the molecule is C=CCn1c(S[C@H](C)C(=O)NCC)nnc1-c1ccc(Cl)cc1. The first kappa shape index (κ1) is 17.6. The highest BCUT2D eigenvalue weighted by molar-refractivity contribution is 8.00. The van der Waals surface area contributed by atoms with Crippen molar-refractivity contribution in [2.24, 2.45) is 0 Å². The van der Waals surface area contributed by atoms with Gasteiger partial charge >= 0.3 is 0 Å². The van der Waals surface area contributed by atoms with Gasteiger partial charge in [0.2, 0.25) is 5.91 Å². The predicted molar refractivity (Wildman–Crippen MR) is 94.7 cm³/mol. The molecular weight excluding hydrogens is 332 g/mol. The van der Waals surface area contributed by atoms with E-state index in [9.17, 15) is 4.79 Å². The molecule has 0 aliphatic rings. The number of hydrogen-bond donors (Lipinski definition) is 1. The largest absolute Gasteiger partial charge is 0.355 e. The van der Waals surface area contributed by atoms with Gasteiger partial charge in [0.25, 0.3) is 0 Å². The maximum Gasteiger partial charge on any atom is 0.233 e. The fourth-order valence-electron chi connectivity index (χ4n) is 2.01. The maximum absolute atomic E-state index is 11.9. The van der Waals surface area contributed by atoms with Crippen LogP contribution in [0.25, 0.3) is 11.4 Å². The van der Waals surface area contributed by atoms with Gasteiger partial charge in [-0.15, -0.1) is 16.8 Å². The highest BCUT2D eigenvalue weighted by atomic mass is 35.5. The molecule has 0 aliphatic heterocycles. The number of halogens is 1. The number of rotatable bonds is 7. The summed E-state index contributed by atoms with van der Waals surface area (Å²) in [5, 5.41) is 12.4. The summed E-state index contributed by atoms with van der Waals surface area (Å²) >= 11 is 7.31. The Bertz CT molecular complexity index is 684. The lowest BCUT2D eigenvalue weighted by Gasteiger charge is -2.12. The van der Waals surface area contributed by atoms with Crippen LogP contribution in [0.3, 0.4) is 0 Å². The van der Waals surface area contributed by atoms with Crippen molar-refractivity contribution in [2.45, 2.75) is 30.8 Å². The van der Waals surface area contributed by atoms with Gasteiger partial charge in [-0.2, -0.15) is 0 Å². The first-order valence-electron chi connectivity index (χ1n) is 7.31. The normalized spacial score (nSPS) is 12.0. The topological polar surface area (TPSA) is 59.8 Å². The van der Waals surface area contributed by atoms with Crippen LogP contribution in [0, 0.1) is 0 Å². The number of carbonyl (C=O) groups excluding carboxylic acids is 1. The van der Waals surface area contributed by atoms with Crippen molar-refractivity contribution >= 4 is 29.3 Å². The smallest absolute Gasteiger partial charge is 0.233 e. The van der Waals surface area contributed by atoms with Crippen LogP contribution in [0.15, 0.2) is 42.1 Å². The predicted octanol–water partition coefficient (Wildman–Crippen LogP) is 3.40. The van der Waals surface area contributed by atoms with Gasteiger partial charge in [-0.25, -0.2) is 0 Å². The number of carbonyl (C=O) groups is 1. The molecular formula is C16H19ClN4OS. The van der Waals surface area contributed by atoms with E-state index in [1.165, 1.54) is 11.8 Å². The molecule has 0 saturated heterocycles. The van der Waals surface area contributed by atoms with E-state index in [1.807, 2.05) is 42.7 Å². The van der Waals surface area contributed by atoms with Crippen LogP contribution in [0.1, 0.15) is 13.8 Å². The average molecular weight is 351 g/mol. The third kappa shape index (κ3) is 4.36. The summed E-state index contributed by atoms with van der Waals surface area (Å²) in [6, 6.07) is 7.42. The van der Waals surface area contributed by atoms with E-state index in [0.717, 1.165) is 11.4 Å². The van der Waals surface area contributed by atoms with Crippen LogP contribution in [0.5, 0.6) is 0 Å². The number of aromatic nitrogens is 3. The molecule has 0 radical (unpaired) electrons. The molecule has 122 valence electrons. The fraction of sp³-hybridized carbons (Fsp3) is 0.312. The van der Waals surface area contributed by atoms with Crippen molar-refractivity contribution in [3.63, 3.8) is 0 Å². The summed E-state index contributed by atoms with van der Waals surface area (Å²) in [6.07, 6.45) is 1.78. The van der Waals surface area contributed by atoms with Gasteiger partial charge in [-0.3, -0.25) is 9.36 Å². The molecule has 0 fully saturated rings. The molecule has 1 N–H and O–H groups in total. The number of allylic oxidation sites excluding steroid dienone is 1. The number of nitrogens with one attached hydrogen (secondary N) is 1. The number of amides is 1. The molecule has 1 aromatic heterocycles. The van der Waals surface area contributed by atoms with E-state index in [4.69, 9.17) is 11.6 Å². The van der Waals surface area contributed by atoms with Crippen LogP contribution in [-0.4, -0.2) is 32.5 Å². The Morgan fingerprint density at radius 3 is 2.74 bits per heavy atom. The van der Waals surface area contributed by atoms with Crippen molar-refractivity contribution in [2.75, 3.05) is 6.54 Å². The Morgan fingerprint density at radius 2 is 2.13 bits per heavy atom. The van der Waals surface area contributed by atoms with Crippen LogP contribution in [0.2, 0.25) is 5.02 Å². The van der Waals surface area contributed by atoms with Gasteiger partial charge in [-0.1, -0.05) is 29.4 Å². The minimum atomic E-state index is -0.249. The molecule has 1 aromatic carbocycles. The average Bonchev–Trinajstić information content (AvgIpc) is 2.91. The molecule has 0 spiro atoms. The van der Waals surface area contributed by atoms with Crippen LogP contribution in [0.4, 0.5) is 0 Å². The Kier molecular flexibility index (Phi) is 6.24. The molecule has 5 nitrogen and oxygen atoms in total. The highest BCUT2D eigenvalue weighted by Crippen LogP contribution is 2.27. The Hall–Kier alpha value is -1.79. The van der Waals surface area contributed by atoms with Gasteiger partial charge in [0, 0.05) is 23.7 Å². The first-order valence-corrected chi connectivity index (χ1v) is 8.57. The van der Waals surface area contributed by atoms with E-state index in [-0.39, 0.29) is 11.2 Å². The second-order valence-electron chi connectivity index (χ2n) is 4.87. The van der Waals surface area contributed by atoms with Crippen molar-refractivity contribution in [3.8, 4) is 11.4 Å². The quantitative estimate of drug-likeness (QED) is 0.614. The third-order valence-electron chi connectivity index (χ3n) is 3.13. The van der Waals surface area contributed by atoms with E-state index in [0.29, 0.717) is 23.3 Å². The monoisotopic (exact) mass is 350 g/mol. The van der Waals surface area contributed by atoms with Crippen molar-refractivity contribution < 1.29 is 4.79 Å². The maximum atomic E-state index is 11.9. The zero-order valence-electron chi connectivity index (χ0n) is 13.1. The molecule has 2 rings (SSSR count). The highest BCUT2D eigenvalue weighted by Gasteiger charge is 2.19. The molecule has 1 atom stereocenters. The van der Waals surface area contributed by atoms with E-state index >= 15 is 0 Å². The third-order valence-corrected chi connectivity index (χ3v) is 4.47. The molecule has 1 amide bonds. The summed E-state index contributed by atoms with van der Waals surface area (Å²) in [6.45, 7) is 8.71. The molecule has 0 unspecified atom stereocenters. The van der Waals surface area contributed by atoms with Crippen molar-refractivity contribution in [3.05, 3.63) is 41.9 Å². The number of nitrogens with zero attached hydrogens (tertiary/aromatic N) is 3. The Balaban J connectivity index is 2.29.